The average Bonchev–Trinajstić information content (AvgIpc) is 3.32. The van der Waals surface area contributed by atoms with Gasteiger partial charge in [0.15, 0.2) is 0 Å². The fraction of sp³-hybridized carbons (Fsp3) is 0.312. The lowest BCUT2D eigenvalue weighted by atomic mass is 10.1. The first-order valence-corrected chi connectivity index (χ1v) is 15.3. The second-order valence-corrected chi connectivity index (χ2v) is 14.3. The van der Waals surface area contributed by atoms with Crippen molar-refractivity contribution in [2.75, 3.05) is 19.7 Å². The van der Waals surface area contributed by atoms with E-state index in [1.165, 1.54) is 27.6 Å². The predicted octanol–water partition coefficient (Wildman–Crippen LogP) is 6.21. The van der Waals surface area contributed by atoms with Gasteiger partial charge in [0.2, 0.25) is 0 Å². The van der Waals surface area contributed by atoms with Crippen molar-refractivity contribution in [3.05, 3.63) is 113 Å². The molecule has 0 saturated heterocycles. The van der Waals surface area contributed by atoms with E-state index in [0.717, 1.165) is 31.6 Å². The van der Waals surface area contributed by atoms with Gasteiger partial charge in [0.05, 0.1) is 13.2 Å². The molecular formula is C32H40N2O3Si. The number of nitrogens with zero attached hydrogens (tertiary/aromatic N) is 1. The molecule has 0 atom stereocenters. The number of H-pyrrole nitrogens is 1. The molecule has 38 heavy (non-hydrogen) atoms. The Morgan fingerprint density at radius 1 is 0.868 bits per heavy atom. The summed E-state index contributed by atoms with van der Waals surface area (Å²) in [6, 6.07) is 27.1. The third kappa shape index (κ3) is 7.76. The highest BCUT2D eigenvalue weighted by Gasteiger charge is 2.40. The van der Waals surface area contributed by atoms with Gasteiger partial charge in [-0.25, -0.2) is 0 Å². The minimum absolute atomic E-state index is 0.530. The van der Waals surface area contributed by atoms with Crippen LogP contribution in [0.4, 0.5) is 0 Å². The van der Waals surface area contributed by atoms with Gasteiger partial charge in [-0.2, -0.15) is 0 Å². The fourth-order valence-corrected chi connectivity index (χ4v) is 5.22. The van der Waals surface area contributed by atoms with Gasteiger partial charge in [0.1, 0.15) is 0 Å². The summed E-state index contributed by atoms with van der Waals surface area (Å²) < 4.78 is 6.01. The van der Waals surface area contributed by atoms with E-state index >= 15 is 0 Å². The Morgan fingerprint density at radius 2 is 1.58 bits per heavy atom. The molecule has 0 bridgehead atoms. The summed E-state index contributed by atoms with van der Waals surface area (Å²) in [5, 5.41) is 0.753. The van der Waals surface area contributed by atoms with Crippen molar-refractivity contribution in [3.63, 3.8) is 0 Å². The largest absolute Gasteiger partial charge is 0.407 e. The molecule has 0 amide bonds. The van der Waals surface area contributed by atoms with Crippen LogP contribution in [0.3, 0.4) is 0 Å². The van der Waals surface area contributed by atoms with Crippen molar-refractivity contribution >= 4 is 25.5 Å². The lowest BCUT2D eigenvalue weighted by molar-refractivity contribution is 0.0906. The number of ether oxygens (including phenoxy) is 1. The van der Waals surface area contributed by atoms with Crippen LogP contribution in [-0.2, 0) is 24.3 Å². The molecular weight excluding hydrogens is 488 g/mol. The molecule has 5 nitrogen and oxygen atoms in total. The molecule has 3 N–H and O–H groups in total. The molecule has 1 heterocycles. The summed E-state index contributed by atoms with van der Waals surface area (Å²) in [4.78, 5) is 26.7. The van der Waals surface area contributed by atoms with Gasteiger partial charge < -0.3 is 19.3 Å². The first kappa shape index (κ1) is 28.0. The van der Waals surface area contributed by atoms with Crippen LogP contribution in [0.25, 0.3) is 17.0 Å². The van der Waals surface area contributed by atoms with Crippen molar-refractivity contribution in [1.82, 2.24) is 9.88 Å². The molecule has 6 heteroatoms. The van der Waals surface area contributed by atoms with Crippen LogP contribution in [0.5, 0.6) is 0 Å². The molecule has 0 fully saturated rings. The number of hydrogen-bond donors (Lipinski definition) is 3. The number of rotatable bonds is 12. The SMILES string of the molecule is CC(C)(C)[Si](O)(O)C=Cc1ccc(CN(CCOCc2ccccc2)CCc2c[nH]c3ccccc23)cc1. The van der Waals surface area contributed by atoms with Gasteiger partial charge in [-0.3, -0.25) is 4.90 Å². The van der Waals surface area contributed by atoms with Crippen molar-refractivity contribution < 1.29 is 14.3 Å². The zero-order valence-corrected chi connectivity index (χ0v) is 23.7. The van der Waals surface area contributed by atoms with Crippen molar-refractivity contribution in [1.29, 1.82) is 0 Å². The molecule has 0 unspecified atom stereocenters. The van der Waals surface area contributed by atoms with Crippen LogP contribution >= 0.6 is 0 Å². The van der Waals surface area contributed by atoms with Crippen LogP contribution in [0.2, 0.25) is 5.04 Å². The second kappa shape index (κ2) is 12.7. The van der Waals surface area contributed by atoms with Gasteiger partial charge >= 0.3 is 8.56 Å². The maximum atomic E-state index is 10.5. The molecule has 4 rings (SSSR count). The van der Waals surface area contributed by atoms with E-state index in [1.807, 2.05) is 57.2 Å². The van der Waals surface area contributed by atoms with E-state index < -0.39 is 13.6 Å². The molecule has 0 spiro atoms. The topological polar surface area (TPSA) is 68.7 Å². The van der Waals surface area contributed by atoms with Crippen LogP contribution in [0.15, 0.2) is 90.8 Å². The van der Waals surface area contributed by atoms with E-state index in [1.54, 1.807) is 5.70 Å². The summed E-state index contributed by atoms with van der Waals surface area (Å²) in [6.07, 6.45) is 4.91. The third-order valence-corrected chi connectivity index (χ3v) is 9.87. The van der Waals surface area contributed by atoms with Crippen LogP contribution in [-0.4, -0.2) is 47.7 Å². The normalized spacial score (nSPS) is 12.7. The summed E-state index contributed by atoms with van der Waals surface area (Å²) in [7, 11) is -3.43. The molecule has 1 aromatic heterocycles. The minimum atomic E-state index is -3.43. The number of benzene rings is 3. The third-order valence-electron chi connectivity index (χ3n) is 7.03. The lowest BCUT2D eigenvalue weighted by Gasteiger charge is -2.28. The van der Waals surface area contributed by atoms with E-state index in [4.69, 9.17) is 4.74 Å². The summed E-state index contributed by atoms with van der Waals surface area (Å²) in [5.41, 5.74) is 7.47. The summed E-state index contributed by atoms with van der Waals surface area (Å²) >= 11 is 0. The predicted molar refractivity (Wildman–Crippen MR) is 159 cm³/mol. The molecule has 3 aromatic carbocycles. The summed E-state index contributed by atoms with van der Waals surface area (Å²) in [6.45, 7) is 9.45. The Labute approximate surface area is 227 Å². The van der Waals surface area contributed by atoms with Crippen molar-refractivity contribution in [3.8, 4) is 0 Å². The van der Waals surface area contributed by atoms with Crippen LogP contribution in [0.1, 0.15) is 43.0 Å². The lowest BCUT2D eigenvalue weighted by Crippen LogP contribution is -2.42. The molecule has 0 saturated carbocycles. The Morgan fingerprint density at radius 3 is 2.32 bits per heavy atom. The number of aromatic amines is 1. The Balaban J connectivity index is 1.39. The molecule has 0 aliphatic carbocycles. The smallest absolute Gasteiger partial charge is 0.365 e. The molecule has 0 aliphatic rings. The van der Waals surface area contributed by atoms with Gasteiger partial charge in [-0.05, 0) is 40.4 Å². The average molecular weight is 529 g/mol. The van der Waals surface area contributed by atoms with Gasteiger partial charge in [0.25, 0.3) is 0 Å². The first-order valence-electron chi connectivity index (χ1n) is 13.3. The maximum Gasteiger partial charge on any atom is 0.365 e. The standard InChI is InChI=1S/C32H40N2O3Si/c1-32(2,3)38(35,36)22-18-26-13-15-27(16-14-26)24-34(20-21-37-25-28-9-5-4-6-10-28)19-17-29-23-33-31-12-8-7-11-30(29)31/h4-16,18,22-23,33,35-36H,17,19-21,24-25H2,1-3H3. The van der Waals surface area contributed by atoms with Gasteiger partial charge in [-0.1, -0.05) is 99.6 Å². The maximum absolute atomic E-state index is 10.5. The van der Waals surface area contributed by atoms with Crippen molar-refractivity contribution in [2.45, 2.75) is 45.4 Å². The number of para-hydroxylation sites is 1. The zero-order valence-electron chi connectivity index (χ0n) is 22.7. The monoisotopic (exact) mass is 528 g/mol. The molecule has 200 valence electrons. The van der Waals surface area contributed by atoms with Crippen molar-refractivity contribution in [2.24, 2.45) is 0 Å². The minimum Gasteiger partial charge on any atom is -0.407 e. The Kier molecular flexibility index (Phi) is 9.36. The number of aromatic nitrogens is 1. The Bertz CT molecular complexity index is 1310. The number of fused-ring (bicyclic) bond motifs is 1. The van der Waals surface area contributed by atoms with E-state index in [0.29, 0.717) is 13.2 Å². The highest BCUT2D eigenvalue weighted by Crippen LogP contribution is 2.33. The van der Waals surface area contributed by atoms with Crippen LogP contribution < -0.4 is 0 Å². The highest BCUT2D eigenvalue weighted by molar-refractivity contribution is 6.73. The first-order chi connectivity index (χ1) is 18.2. The Hall–Kier alpha value is -3.00. The van der Waals surface area contributed by atoms with E-state index in [9.17, 15) is 9.59 Å². The van der Waals surface area contributed by atoms with E-state index in [-0.39, 0.29) is 0 Å². The molecule has 0 radical (unpaired) electrons. The quantitative estimate of drug-likeness (QED) is 0.151. The molecule has 4 aromatic rings. The summed E-state index contributed by atoms with van der Waals surface area (Å²) in [5.74, 6) is 0. The number of hydrogen-bond acceptors (Lipinski definition) is 4. The second-order valence-electron chi connectivity index (χ2n) is 11.0. The molecule has 0 aliphatic heterocycles. The zero-order chi connectivity index (χ0) is 27.0. The van der Waals surface area contributed by atoms with Crippen LogP contribution in [0, 0.1) is 0 Å². The van der Waals surface area contributed by atoms with Gasteiger partial charge in [0, 0.05) is 41.8 Å². The van der Waals surface area contributed by atoms with Gasteiger partial charge in [-0.15, -0.1) is 0 Å². The number of nitrogens with one attached hydrogen (secondary N) is 1. The highest BCUT2D eigenvalue weighted by atomic mass is 28.4. The fourth-order valence-electron chi connectivity index (χ4n) is 4.30. The van der Waals surface area contributed by atoms with E-state index in [2.05, 4.69) is 64.6 Å².